The van der Waals surface area contributed by atoms with Gasteiger partial charge in [0.05, 0.1) is 0 Å². The van der Waals surface area contributed by atoms with Crippen LogP contribution in [-0.4, -0.2) is 37.8 Å². The maximum absolute atomic E-state index is 12.7. The first kappa shape index (κ1) is 20.6. The minimum Gasteiger partial charge on any atom is -0.328 e. The molecule has 10 heteroatoms. The van der Waals surface area contributed by atoms with Gasteiger partial charge < -0.3 is 5.73 Å². The van der Waals surface area contributed by atoms with Crippen LogP contribution in [0.4, 0.5) is 0 Å². The lowest BCUT2D eigenvalue weighted by Crippen LogP contribution is -2.19. The number of carbonyl (C=O) groups excluding carboxylic acids is 1. The summed E-state index contributed by atoms with van der Waals surface area (Å²) in [6.45, 7) is 1.70. The van der Waals surface area contributed by atoms with Crippen molar-refractivity contribution in [1.29, 1.82) is 0 Å². The van der Waals surface area contributed by atoms with Gasteiger partial charge in [-0.3, -0.25) is 13.9 Å². The molecule has 0 aliphatic carbocycles. The standard InChI is InChI=1S/C20H17NO7S2/c1-10(21)8-16(22)12-4-2-11-3-5-14-17(29(23,24)25)9-18(30(26,27)28)15-7-6-13(12)19(11)20(14)15/h2-7,9-10H,8,21H2,1H3,(H,23,24,25)(H,26,27,28). The highest BCUT2D eigenvalue weighted by Crippen LogP contribution is 2.41. The van der Waals surface area contributed by atoms with Gasteiger partial charge in [0.1, 0.15) is 9.79 Å². The van der Waals surface area contributed by atoms with Crippen molar-refractivity contribution >= 4 is 58.3 Å². The summed E-state index contributed by atoms with van der Waals surface area (Å²) in [5.41, 5.74) is 6.11. The molecule has 0 fully saturated rings. The summed E-state index contributed by atoms with van der Waals surface area (Å²) in [6.07, 6.45) is 0.0938. The molecule has 4 aromatic carbocycles. The lowest BCUT2D eigenvalue weighted by Gasteiger charge is -2.17. The van der Waals surface area contributed by atoms with Crippen LogP contribution < -0.4 is 5.73 Å². The first-order valence-corrected chi connectivity index (χ1v) is 11.8. The van der Waals surface area contributed by atoms with Crippen LogP contribution >= 0.6 is 0 Å². The van der Waals surface area contributed by atoms with Crippen molar-refractivity contribution in [2.75, 3.05) is 0 Å². The molecule has 30 heavy (non-hydrogen) atoms. The zero-order valence-electron chi connectivity index (χ0n) is 15.7. The summed E-state index contributed by atoms with van der Waals surface area (Å²) < 4.78 is 67.2. The Balaban J connectivity index is 2.26. The summed E-state index contributed by atoms with van der Waals surface area (Å²) in [4.78, 5) is 11.4. The molecule has 1 atom stereocenters. The molecule has 0 aliphatic rings. The van der Waals surface area contributed by atoms with Gasteiger partial charge in [-0.05, 0) is 29.1 Å². The summed E-state index contributed by atoms with van der Waals surface area (Å²) in [5.74, 6) is -0.215. The van der Waals surface area contributed by atoms with Gasteiger partial charge in [0, 0.05) is 34.2 Å². The first-order valence-electron chi connectivity index (χ1n) is 8.88. The summed E-state index contributed by atoms with van der Waals surface area (Å²) in [7, 11) is -9.62. The number of hydrogen-bond acceptors (Lipinski definition) is 6. The Kier molecular flexibility index (Phi) is 4.60. The van der Waals surface area contributed by atoms with Gasteiger partial charge in [0.25, 0.3) is 20.2 Å². The van der Waals surface area contributed by atoms with Crippen molar-refractivity contribution in [1.82, 2.24) is 0 Å². The SMILES string of the molecule is CC(N)CC(=O)c1ccc2ccc3c(S(=O)(=O)O)cc(S(=O)(=O)O)c4ccc1c2c34. The lowest BCUT2D eigenvalue weighted by atomic mass is 9.90. The van der Waals surface area contributed by atoms with Crippen molar-refractivity contribution in [3.63, 3.8) is 0 Å². The third-order valence-corrected chi connectivity index (χ3v) is 6.86. The van der Waals surface area contributed by atoms with Gasteiger partial charge in [-0.15, -0.1) is 0 Å². The minimum absolute atomic E-state index is 0.0785. The zero-order valence-corrected chi connectivity index (χ0v) is 17.3. The van der Waals surface area contributed by atoms with Crippen LogP contribution in [0, 0.1) is 0 Å². The van der Waals surface area contributed by atoms with Crippen LogP contribution in [0.15, 0.2) is 52.3 Å². The first-order chi connectivity index (χ1) is 13.9. The molecule has 4 N–H and O–H groups in total. The summed E-state index contributed by atoms with van der Waals surface area (Å²) in [6, 6.07) is 9.70. The van der Waals surface area contributed by atoms with E-state index < -0.39 is 30.0 Å². The highest BCUT2D eigenvalue weighted by molar-refractivity contribution is 7.87. The highest BCUT2D eigenvalue weighted by Gasteiger charge is 2.26. The Bertz CT molecular complexity index is 1500. The molecule has 1 unspecified atom stereocenters. The fourth-order valence-corrected chi connectivity index (χ4v) is 5.41. The second-order valence-corrected chi connectivity index (χ2v) is 10.1. The molecule has 0 aromatic heterocycles. The number of hydrogen-bond donors (Lipinski definition) is 3. The maximum Gasteiger partial charge on any atom is 0.295 e. The average molecular weight is 447 g/mol. The Morgan fingerprint density at radius 2 is 1.37 bits per heavy atom. The van der Waals surface area contributed by atoms with Crippen molar-refractivity contribution in [2.24, 2.45) is 5.73 Å². The van der Waals surface area contributed by atoms with Crippen molar-refractivity contribution < 1.29 is 30.7 Å². The van der Waals surface area contributed by atoms with Crippen molar-refractivity contribution in [2.45, 2.75) is 29.2 Å². The fraction of sp³-hybridized carbons (Fsp3) is 0.150. The topological polar surface area (TPSA) is 152 Å². The number of carbonyl (C=O) groups is 1. The van der Waals surface area contributed by atoms with E-state index in [1.807, 2.05) is 0 Å². The third kappa shape index (κ3) is 3.22. The van der Waals surface area contributed by atoms with Crippen molar-refractivity contribution in [3.05, 3.63) is 48.0 Å². The number of ketones is 1. The Morgan fingerprint density at radius 3 is 1.90 bits per heavy atom. The van der Waals surface area contributed by atoms with E-state index in [4.69, 9.17) is 5.73 Å². The molecule has 4 rings (SSSR count). The molecule has 0 aliphatic heterocycles. The molecule has 0 heterocycles. The molecule has 0 amide bonds. The van der Waals surface area contributed by atoms with Gasteiger partial charge >= 0.3 is 0 Å². The second-order valence-electron chi connectivity index (χ2n) is 7.29. The molecule has 0 bridgehead atoms. The zero-order chi connectivity index (χ0) is 22.0. The van der Waals surface area contributed by atoms with Crippen LogP contribution in [0.3, 0.4) is 0 Å². The molecule has 156 valence electrons. The van der Waals surface area contributed by atoms with Crippen LogP contribution in [0.1, 0.15) is 23.7 Å². The normalized spacial score (nSPS) is 14.0. The molecule has 0 saturated carbocycles. The van der Waals surface area contributed by atoms with E-state index in [0.717, 1.165) is 6.07 Å². The minimum atomic E-state index is -4.81. The molecule has 8 nitrogen and oxygen atoms in total. The lowest BCUT2D eigenvalue weighted by molar-refractivity contribution is 0.0978. The molecule has 0 saturated heterocycles. The Hall–Kier alpha value is -2.63. The molecular weight excluding hydrogens is 430 g/mol. The molecule has 4 aromatic rings. The predicted octanol–water partition coefficient (Wildman–Crippen LogP) is 3.00. The van der Waals surface area contributed by atoms with Gasteiger partial charge in [-0.25, -0.2) is 0 Å². The van der Waals surface area contributed by atoms with E-state index in [2.05, 4.69) is 0 Å². The third-order valence-electron chi connectivity index (χ3n) is 5.07. The van der Waals surface area contributed by atoms with Crippen molar-refractivity contribution in [3.8, 4) is 0 Å². The Morgan fingerprint density at radius 1 is 0.867 bits per heavy atom. The van der Waals surface area contributed by atoms with Gasteiger partial charge in [0.2, 0.25) is 0 Å². The summed E-state index contributed by atoms with van der Waals surface area (Å²) >= 11 is 0. The van der Waals surface area contributed by atoms with Crippen LogP contribution in [-0.2, 0) is 20.2 Å². The van der Waals surface area contributed by atoms with E-state index >= 15 is 0 Å². The summed E-state index contributed by atoms with van der Waals surface area (Å²) in [5, 5.41) is 1.95. The average Bonchev–Trinajstić information content (AvgIpc) is 2.62. The largest absolute Gasteiger partial charge is 0.328 e. The van der Waals surface area contributed by atoms with Crippen LogP contribution in [0.2, 0.25) is 0 Å². The molecule has 0 radical (unpaired) electrons. The monoisotopic (exact) mass is 447 g/mol. The van der Waals surface area contributed by atoms with Gasteiger partial charge in [0.15, 0.2) is 5.78 Å². The molecular formula is C20H17NO7S2. The van der Waals surface area contributed by atoms with E-state index in [1.165, 1.54) is 12.1 Å². The van der Waals surface area contributed by atoms with Gasteiger partial charge in [-0.2, -0.15) is 16.8 Å². The number of benzene rings is 4. The quantitative estimate of drug-likeness (QED) is 0.240. The fourth-order valence-electron chi connectivity index (χ4n) is 3.91. The number of nitrogens with two attached hydrogens (primary N) is 1. The van der Waals surface area contributed by atoms with E-state index in [1.54, 1.807) is 31.2 Å². The van der Waals surface area contributed by atoms with E-state index in [0.29, 0.717) is 21.7 Å². The molecule has 0 spiro atoms. The van der Waals surface area contributed by atoms with Crippen LogP contribution in [0.5, 0.6) is 0 Å². The van der Waals surface area contributed by atoms with E-state index in [-0.39, 0.29) is 34.4 Å². The van der Waals surface area contributed by atoms with Gasteiger partial charge in [-0.1, -0.05) is 36.4 Å². The smallest absolute Gasteiger partial charge is 0.295 e. The van der Waals surface area contributed by atoms with Crippen LogP contribution in [0.25, 0.3) is 32.3 Å². The van der Waals surface area contributed by atoms with E-state index in [9.17, 15) is 30.7 Å². The maximum atomic E-state index is 12.7. The Labute approximate surface area is 172 Å². The number of rotatable bonds is 5. The second kappa shape index (κ2) is 6.69. The number of Topliss-reactive ketones (excluding diaryl/α,β-unsaturated/α-hetero) is 1. The predicted molar refractivity (Wildman–Crippen MR) is 112 cm³/mol. The highest BCUT2D eigenvalue weighted by atomic mass is 32.2.